The van der Waals surface area contributed by atoms with Gasteiger partial charge in [-0.15, -0.1) is 0 Å². The van der Waals surface area contributed by atoms with Crippen molar-refractivity contribution in [2.24, 2.45) is 11.5 Å². The third-order valence-electron chi connectivity index (χ3n) is 2.49. The van der Waals surface area contributed by atoms with Gasteiger partial charge < -0.3 is 11.5 Å². The van der Waals surface area contributed by atoms with Crippen molar-refractivity contribution in [3.8, 4) is 0 Å². The Kier molecular flexibility index (Phi) is 6.05. The normalized spacial score (nSPS) is 11.2. The standard InChI is InChI=1S/C12H17N3O3S2/c13-11(16)5-2-6-15-20(17,18)8-9-3-1-4-10(7-9)12(14)19/h1,3-4,7,15H,2,5-6,8H2,(H2,13,16)(H2,14,19). The number of nitrogens with two attached hydrogens (primary N) is 2. The highest BCUT2D eigenvalue weighted by atomic mass is 32.2. The molecule has 20 heavy (non-hydrogen) atoms. The summed E-state index contributed by atoms with van der Waals surface area (Å²) >= 11 is 4.84. The zero-order valence-electron chi connectivity index (χ0n) is 10.8. The van der Waals surface area contributed by atoms with Crippen LogP contribution in [0.5, 0.6) is 0 Å². The van der Waals surface area contributed by atoms with Gasteiger partial charge in [0.05, 0.1) is 5.75 Å². The predicted molar refractivity (Wildman–Crippen MR) is 81.4 cm³/mol. The van der Waals surface area contributed by atoms with E-state index in [0.717, 1.165) is 0 Å². The second-order valence-electron chi connectivity index (χ2n) is 4.29. The van der Waals surface area contributed by atoms with Crippen LogP contribution in [0.15, 0.2) is 24.3 Å². The van der Waals surface area contributed by atoms with Crippen LogP contribution >= 0.6 is 12.2 Å². The molecule has 0 aliphatic carbocycles. The van der Waals surface area contributed by atoms with Crippen molar-refractivity contribution in [3.05, 3.63) is 35.4 Å². The summed E-state index contributed by atoms with van der Waals surface area (Å²) in [5.74, 6) is -0.617. The first-order chi connectivity index (χ1) is 9.30. The van der Waals surface area contributed by atoms with E-state index in [1.54, 1.807) is 24.3 Å². The summed E-state index contributed by atoms with van der Waals surface area (Å²) in [5, 5.41) is 0. The van der Waals surface area contributed by atoms with Crippen LogP contribution in [0, 0.1) is 0 Å². The molecule has 8 heteroatoms. The Morgan fingerprint density at radius 1 is 1.30 bits per heavy atom. The maximum atomic E-state index is 11.8. The summed E-state index contributed by atoms with van der Waals surface area (Å²) in [6.07, 6.45) is 0.529. The van der Waals surface area contributed by atoms with Crippen molar-refractivity contribution in [1.29, 1.82) is 0 Å². The van der Waals surface area contributed by atoms with Gasteiger partial charge in [0.1, 0.15) is 4.99 Å². The first-order valence-corrected chi connectivity index (χ1v) is 8.00. The lowest BCUT2D eigenvalue weighted by Gasteiger charge is -2.07. The molecule has 0 bridgehead atoms. The fraction of sp³-hybridized carbons (Fsp3) is 0.333. The fourth-order valence-corrected chi connectivity index (χ4v) is 2.88. The molecular weight excluding hydrogens is 298 g/mol. The second-order valence-corrected chi connectivity index (χ2v) is 6.53. The number of sulfonamides is 1. The maximum absolute atomic E-state index is 11.8. The molecule has 0 fully saturated rings. The van der Waals surface area contributed by atoms with E-state index in [1.807, 2.05) is 0 Å². The summed E-state index contributed by atoms with van der Waals surface area (Å²) in [4.78, 5) is 10.8. The largest absolute Gasteiger partial charge is 0.389 e. The molecule has 0 saturated heterocycles. The molecule has 0 heterocycles. The molecule has 1 aromatic rings. The van der Waals surface area contributed by atoms with E-state index in [0.29, 0.717) is 17.5 Å². The van der Waals surface area contributed by atoms with Gasteiger partial charge in [0, 0.05) is 18.5 Å². The Bertz CT molecular complexity index is 600. The Balaban J connectivity index is 2.60. The molecule has 0 radical (unpaired) electrons. The van der Waals surface area contributed by atoms with Crippen LogP contribution < -0.4 is 16.2 Å². The number of amides is 1. The number of hydrogen-bond donors (Lipinski definition) is 3. The van der Waals surface area contributed by atoms with Crippen molar-refractivity contribution in [3.63, 3.8) is 0 Å². The van der Waals surface area contributed by atoms with Gasteiger partial charge in [0.25, 0.3) is 0 Å². The molecule has 110 valence electrons. The maximum Gasteiger partial charge on any atom is 0.217 e. The topological polar surface area (TPSA) is 115 Å². The summed E-state index contributed by atoms with van der Waals surface area (Å²) in [6, 6.07) is 6.75. The monoisotopic (exact) mass is 315 g/mol. The number of benzene rings is 1. The summed E-state index contributed by atoms with van der Waals surface area (Å²) in [5.41, 5.74) is 11.7. The van der Waals surface area contributed by atoms with Gasteiger partial charge in [-0.1, -0.05) is 30.4 Å². The zero-order valence-corrected chi connectivity index (χ0v) is 12.5. The number of nitrogens with one attached hydrogen (secondary N) is 1. The van der Waals surface area contributed by atoms with E-state index >= 15 is 0 Å². The van der Waals surface area contributed by atoms with Crippen LogP contribution in [0.4, 0.5) is 0 Å². The first kappa shape index (κ1) is 16.5. The molecule has 6 nitrogen and oxygen atoms in total. The Labute approximate surface area is 123 Å². The van der Waals surface area contributed by atoms with E-state index in [4.69, 9.17) is 23.7 Å². The number of carbonyl (C=O) groups excluding carboxylic acids is 1. The highest BCUT2D eigenvalue weighted by Gasteiger charge is 2.11. The highest BCUT2D eigenvalue weighted by Crippen LogP contribution is 2.08. The third kappa shape index (κ3) is 6.09. The van der Waals surface area contributed by atoms with Crippen LogP contribution in [-0.2, 0) is 20.6 Å². The number of rotatable bonds is 8. The molecule has 0 aliphatic heterocycles. The highest BCUT2D eigenvalue weighted by molar-refractivity contribution is 7.88. The van der Waals surface area contributed by atoms with Crippen molar-refractivity contribution < 1.29 is 13.2 Å². The first-order valence-electron chi connectivity index (χ1n) is 5.94. The Hall–Kier alpha value is -1.51. The smallest absolute Gasteiger partial charge is 0.217 e. The molecule has 1 aromatic carbocycles. The van der Waals surface area contributed by atoms with Crippen LogP contribution in [-0.4, -0.2) is 25.9 Å². The predicted octanol–water partition coefficient (Wildman–Crippen LogP) is 0.00570. The molecular formula is C12H17N3O3S2. The van der Waals surface area contributed by atoms with Gasteiger partial charge >= 0.3 is 0 Å². The molecule has 0 atom stereocenters. The lowest BCUT2D eigenvalue weighted by molar-refractivity contribution is -0.118. The Morgan fingerprint density at radius 3 is 2.60 bits per heavy atom. The van der Waals surface area contributed by atoms with Gasteiger partial charge in [-0.3, -0.25) is 4.79 Å². The number of hydrogen-bond acceptors (Lipinski definition) is 4. The van der Waals surface area contributed by atoms with Crippen molar-refractivity contribution in [1.82, 2.24) is 4.72 Å². The van der Waals surface area contributed by atoms with E-state index in [9.17, 15) is 13.2 Å². The van der Waals surface area contributed by atoms with Crippen LogP contribution in [0.25, 0.3) is 0 Å². The van der Waals surface area contributed by atoms with Gasteiger partial charge in [0.15, 0.2) is 0 Å². The SMILES string of the molecule is NC(=O)CCCNS(=O)(=O)Cc1cccc(C(N)=S)c1. The van der Waals surface area contributed by atoms with E-state index < -0.39 is 15.9 Å². The van der Waals surface area contributed by atoms with Gasteiger partial charge in [-0.2, -0.15) is 0 Å². The minimum Gasteiger partial charge on any atom is -0.389 e. The fourth-order valence-electron chi connectivity index (χ4n) is 1.58. The van der Waals surface area contributed by atoms with Gasteiger partial charge in [0.2, 0.25) is 15.9 Å². The molecule has 5 N–H and O–H groups in total. The minimum atomic E-state index is -3.46. The average molecular weight is 315 g/mol. The van der Waals surface area contributed by atoms with Gasteiger partial charge in [-0.25, -0.2) is 13.1 Å². The van der Waals surface area contributed by atoms with Crippen molar-refractivity contribution in [2.75, 3.05) is 6.54 Å². The lowest BCUT2D eigenvalue weighted by Crippen LogP contribution is -2.27. The molecule has 0 aliphatic rings. The third-order valence-corrected chi connectivity index (χ3v) is 4.08. The van der Waals surface area contributed by atoms with Crippen LogP contribution in [0.2, 0.25) is 0 Å². The second kappa shape index (κ2) is 7.32. The minimum absolute atomic E-state index is 0.152. The van der Waals surface area contributed by atoms with Crippen LogP contribution in [0.1, 0.15) is 24.0 Å². The molecule has 0 spiro atoms. The van der Waals surface area contributed by atoms with Crippen molar-refractivity contribution >= 4 is 33.1 Å². The molecule has 0 unspecified atom stereocenters. The molecule has 1 amide bonds. The molecule has 0 saturated carbocycles. The quantitative estimate of drug-likeness (QED) is 0.461. The number of primary amides is 1. The Morgan fingerprint density at radius 2 is 2.00 bits per heavy atom. The summed E-state index contributed by atoms with van der Waals surface area (Å²) in [7, 11) is -3.46. The average Bonchev–Trinajstić information content (AvgIpc) is 2.34. The van der Waals surface area contributed by atoms with E-state index in [2.05, 4.69) is 4.72 Å². The number of thiocarbonyl (C=S) groups is 1. The van der Waals surface area contributed by atoms with Gasteiger partial charge in [-0.05, 0) is 18.1 Å². The number of carbonyl (C=O) groups is 1. The lowest BCUT2D eigenvalue weighted by atomic mass is 10.1. The zero-order chi connectivity index (χ0) is 15.2. The molecule has 0 aromatic heterocycles. The summed E-state index contributed by atoms with van der Waals surface area (Å²) in [6.45, 7) is 0.181. The van der Waals surface area contributed by atoms with Crippen LogP contribution in [0.3, 0.4) is 0 Å². The summed E-state index contributed by atoms with van der Waals surface area (Å²) < 4.78 is 26.1. The van der Waals surface area contributed by atoms with E-state index in [1.165, 1.54) is 0 Å². The van der Waals surface area contributed by atoms with Crippen molar-refractivity contribution in [2.45, 2.75) is 18.6 Å². The van der Waals surface area contributed by atoms with E-state index in [-0.39, 0.29) is 23.7 Å². The molecule has 1 rings (SSSR count).